The molecule has 0 aromatic rings. The summed E-state index contributed by atoms with van der Waals surface area (Å²) in [5.74, 6) is -1.87. The Bertz CT molecular complexity index is 350. The van der Waals surface area contributed by atoms with Crippen molar-refractivity contribution in [3.8, 4) is 0 Å². The van der Waals surface area contributed by atoms with Crippen LogP contribution in [-0.2, 0) is 14.3 Å². The normalized spacial score (nSPS) is 12.9. The van der Waals surface area contributed by atoms with E-state index in [0.717, 1.165) is 0 Å². The first-order chi connectivity index (χ1) is 8.15. The van der Waals surface area contributed by atoms with E-state index in [0.29, 0.717) is 0 Å². The summed E-state index contributed by atoms with van der Waals surface area (Å²) < 4.78 is 39.3. The third-order valence-corrected chi connectivity index (χ3v) is 2.02. The van der Waals surface area contributed by atoms with Crippen molar-refractivity contribution in [3.63, 3.8) is 0 Å². The molecule has 0 aliphatic carbocycles. The highest BCUT2D eigenvalue weighted by Crippen LogP contribution is 2.13. The average molecular weight is 269 g/mol. The Morgan fingerprint density at radius 1 is 1.22 bits per heavy atom. The summed E-state index contributed by atoms with van der Waals surface area (Å²) in [6.45, 7) is 0.766. The molecule has 0 fully saturated rings. The maximum absolute atomic E-state index is 11.7. The second-order valence-corrected chi connectivity index (χ2v) is 3.48. The minimum absolute atomic E-state index is 0.00155. The zero-order chi connectivity index (χ0) is 14.3. The number of nitrogens with one attached hydrogen (secondary N) is 1. The molecule has 0 heterocycles. The second kappa shape index (κ2) is 7.00. The van der Waals surface area contributed by atoms with Crippen molar-refractivity contribution in [1.82, 2.24) is 5.32 Å². The predicted molar refractivity (Wildman–Crippen MR) is 55.9 cm³/mol. The van der Waals surface area contributed by atoms with Crippen LogP contribution in [0.5, 0.6) is 0 Å². The first kappa shape index (κ1) is 16.4. The van der Waals surface area contributed by atoms with Gasteiger partial charge in [0.15, 0.2) is 0 Å². The van der Waals surface area contributed by atoms with Gasteiger partial charge in [0.05, 0.1) is 6.61 Å². The van der Waals surface area contributed by atoms with Gasteiger partial charge in [-0.25, -0.2) is 4.79 Å². The van der Waals surface area contributed by atoms with Crippen LogP contribution in [0.2, 0.25) is 0 Å². The molecule has 0 spiro atoms. The summed E-state index contributed by atoms with van der Waals surface area (Å²) in [5, 5.41) is 10.9. The lowest BCUT2D eigenvalue weighted by Gasteiger charge is -2.09. The number of hydrogen-bond donors (Lipinski definition) is 2. The number of carboxylic acids is 1. The highest BCUT2D eigenvalue weighted by Gasteiger charge is 2.27. The lowest BCUT2D eigenvalue weighted by Crippen LogP contribution is -2.30. The van der Waals surface area contributed by atoms with Gasteiger partial charge in [0.1, 0.15) is 6.61 Å². The van der Waals surface area contributed by atoms with Gasteiger partial charge in [-0.3, -0.25) is 4.79 Å². The van der Waals surface area contributed by atoms with Gasteiger partial charge >= 0.3 is 12.1 Å². The van der Waals surface area contributed by atoms with Gasteiger partial charge in [0.2, 0.25) is 5.91 Å². The van der Waals surface area contributed by atoms with Crippen LogP contribution in [0.4, 0.5) is 13.2 Å². The van der Waals surface area contributed by atoms with Gasteiger partial charge in [0.25, 0.3) is 0 Å². The molecule has 2 N–H and O–H groups in total. The topological polar surface area (TPSA) is 75.6 Å². The number of carbonyl (C=O) groups is 2. The molecule has 0 unspecified atom stereocenters. The minimum atomic E-state index is -4.40. The number of alkyl halides is 3. The maximum atomic E-state index is 11.7. The van der Waals surface area contributed by atoms with E-state index in [1.54, 1.807) is 0 Å². The van der Waals surface area contributed by atoms with Crippen LogP contribution in [0.15, 0.2) is 11.1 Å². The summed E-state index contributed by atoms with van der Waals surface area (Å²) in [7, 11) is 0. The lowest BCUT2D eigenvalue weighted by atomic mass is 10.1. The molecule has 0 atom stereocenters. The van der Waals surface area contributed by atoms with Crippen molar-refractivity contribution in [1.29, 1.82) is 0 Å². The van der Waals surface area contributed by atoms with E-state index in [1.165, 1.54) is 13.8 Å². The molecule has 104 valence electrons. The summed E-state index contributed by atoms with van der Waals surface area (Å²) in [5.41, 5.74) is -0.123. The van der Waals surface area contributed by atoms with Crippen molar-refractivity contribution < 1.29 is 32.6 Å². The molecule has 0 aromatic heterocycles. The second-order valence-electron chi connectivity index (χ2n) is 3.48. The van der Waals surface area contributed by atoms with Crippen LogP contribution in [0, 0.1) is 0 Å². The van der Waals surface area contributed by atoms with Crippen LogP contribution in [-0.4, -0.2) is 42.9 Å². The molecule has 0 radical (unpaired) electrons. The van der Waals surface area contributed by atoms with Gasteiger partial charge in [-0.2, -0.15) is 13.2 Å². The van der Waals surface area contributed by atoms with Gasteiger partial charge in [0, 0.05) is 17.7 Å². The van der Waals surface area contributed by atoms with E-state index in [4.69, 9.17) is 5.11 Å². The van der Waals surface area contributed by atoms with Crippen LogP contribution in [0.1, 0.15) is 13.8 Å². The minimum Gasteiger partial charge on any atom is -0.478 e. The number of carboxylic acid groups (broad SMARTS) is 1. The molecule has 0 aliphatic rings. The van der Waals surface area contributed by atoms with Crippen LogP contribution < -0.4 is 5.32 Å². The maximum Gasteiger partial charge on any atom is 0.411 e. The Labute approximate surface area is 102 Å². The SMILES string of the molecule is C/C(C(=O)O)=C(/C)C(=O)NCCOCC(F)(F)F. The van der Waals surface area contributed by atoms with Crippen LogP contribution in [0.25, 0.3) is 0 Å². The largest absolute Gasteiger partial charge is 0.478 e. The van der Waals surface area contributed by atoms with E-state index in [2.05, 4.69) is 10.1 Å². The zero-order valence-corrected chi connectivity index (χ0v) is 9.93. The van der Waals surface area contributed by atoms with E-state index in [1.807, 2.05) is 0 Å². The molecule has 0 bridgehead atoms. The van der Waals surface area contributed by atoms with Crippen LogP contribution >= 0.6 is 0 Å². The molecule has 0 saturated carbocycles. The quantitative estimate of drug-likeness (QED) is 0.559. The third-order valence-electron chi connectivity index (χ3n) is 2.02. The average Bonchev–Trinajstić information content (AvgIpc) is 2.24. The first-order valence-electron chi connectivity index (χ1n) is 4.98. The zero-order valence-electron chi connectivity index (χ0n) is 9.93. The van der Waals surface area contributed by atoms with E-state index in [-0.39, 0.29) is 24.3 Å². The van der Waals surface area contributed by atoms with Gasteiger partial charge in [-0.15, -0.1) is 0 Å². The Morgan fingerprint density at radius 2 is 1.78 bits per heavy atom. The standard InChI is InChI=1S/C10H14F3NO4/c1-6(7(2)9(16)17)8(15)14-3-4-18-5-10(11,12)13/h3-5H2,1-2H3,(H,14,15)(H,16,17)/b7-6+. The number of aliphatic carboxylic acids is 1. The third kappa shape index (κ3) is 6.89. The summed E-state index contributed by atoms with van der Waals surface area (Å²) >= 11 is 0. The molecular weight excluding hydrogens is 255 g/mol. The van der Waals surface area contributed by atoms with E-state index >= 15 is 0 Å². The summed E-state index contributed by atoms with van der Waals surface area (Å²) in [6, 6.07) is 0. The predicted octanol–water partition coefficient (Wildman–Crippen LogP) is 1.10. The molecule has 0 saturated heterocycles. The fourth-order valence-electron chi connectivity index (χ4n) is 0.888. The number of ether oxygens (including phenoxy) is 1. The summed E-state index contributed by atoms with van der Waals surface area (Å²) in [6.07, 6.45) is -4.40. The van der Waals surface area contributed by atoms with Gasteiger partial charge in [-0.05, 0) is 13.8 Å². The Kier molecular flexibility index (Phi) is 6.39. The van der Waals surface area contributed by atoms with E-state index < -0.39 is 24.7 Å². The molecule has 8 heteroatoms. The number of carbonyl (C=O) groups excluding carboxylic acids is 1. The molecule has 0 rings (SSSR count). The van der Waals surface area contributed by atoms with E-state index in [9.17, 15) is 22.8 Å². The van der Waals surface area contributed by atoms with Crippen molar-refractivity contribution >= 4 is 11.9 Å². The monoisotopic (exact) mass is 269 g/mol. The van der Waals surface area contributed by atoms with Crippen molar-refractivity contribution in [3.05, 3.63) is 11.1 Å². The fourth-order valence-corrected chi connectivity index (χ4v) is 0.888. The highest BCUT2D eigenvalue weighted by molar-refractivity contribution is 6.01. The number of amides is 1. The van der Waals surface area contributed by atoms with Gasteiger partial charge < -0.3 is 15.2 Å². The Hall–Kier alpha value is -1.57. The van der Waals surface area contributed by atoms with Gasteiger partial charge in [-0.1, -0.05) is 0 Å². The number of rotatable bonds is 6. The molecule has 5 nitrogen and oxygen atoms in total. The number of hydrogen-bond acceptors (Lipinski definition) is 3. The molecule has 18 heavy (non-hydrogen) atoms. The fraction of sp³-hybridized carbons (Fsp3) is 0.600. The van der Waals surface area contributed by atoms with Crippen molar-refractivity contribution in [2.24, 2.45) is 0 Å². The lowest BCUT2D eigenvalue weighted by molar-refractivity contribution is -0.173. The molecule has 1 amide bonds. The Morgan fingerprint density at radius 3 is 2.22 bits per heavy atom. The van der Waals surface area contributed by atoms with Crippen molar-refractivity contribution in [2.45, 2.75) is 20.0 Å². The molecular formula is C10H14F3NO4. The molecule has 0 aliphatic heterocycles. The van der Waals surface area contributed by atoms with Crippen LogP contribution in [0.3, 0.4) is 0 Å². The Balaban J connectivity index is 3.99. The summed E-state index contributed by atoms with van der Waals surface area (Å²) in [4.78, 5) is 21.9. The smallest absolute Gasteiger partial charge is 0.411 e. The first-order valence-corrected chi connectivity index (χ1v) is 4.98. The van der Waals surface area contributed by atoms with Crippen molar-refractivity contribution in [2.75, 3.05) is 19.8 Å². The number of halogens is 3. The molecule has 0 aromatic carbocycles. The highest BCUT2D eigenvalue weighted by atomic mass is 19.4.